The molecule has 0 amide bonds. The van der Waals surface area contributed by atoms with Gasteiger partial charge in [0.25, 0.3) is 10.0 Å². The number of rotatable bonds is 7. The molecule has 0 fully saturated rings. The normalized spacial score (nSPS) is 12.2. The lowest BCUT2D eigenvalue weighted by Gasteiger charge is -2.31. The van der Waals surface area contributed by atoms with E-state index in [2.05, 4.69) is 0 Å². The Balaban J connectivity index is 2.10. The molecule has 146 valence electrons. The van der Waals surface area contributed by atoms with Crippen molar-refractivity contribution in [2.24, 2.45) is 0 Å². The molecule has 3 rings (SSSR count). The molecule has 0 radical (unpaired) electrons. The maximum atomic E-state index is 13.6. The maximum absolute atomic E-state index is 13.6. The Morgan fingerprint density at radius 3 is 2.04 bits per heavy atom. The topological polar surface area (TPSA) is 55.8 Å². The van der Waals surface area contributed by atoms with Crippen molar-refractivity contribution in [3.63, 3.8) is 0 Å². The molecular weight excluding hydrogens is 374 g/mol. The maximum Gasteiger partial charge on any atom is 0.264 e. The molecule has 5 nitrogen and oxygen atoms in total. The molecule has 0 saturated heterocycles. The predicted octanol–water partition coefficient (Wildman–Crippen LogP) is 4.66. The zero-order valence-corrected chi connectivity index (χ0v) is 16.9. The fourth-order valence-corrected chi connectivity index (χ4v) is 4.69. The number of anilines is 1. The molecular formula is C22H23NO4S. The Kier molecular flexibility index (Phi) is 5.90. The van der Waals surface area contributed by atoms with Crippen molar-refractivity contribution in [2.75, 3.05) is 18.5 Å². The average molecular weight is 397 g/mol. The van der Waals surface area contributed by atoms with Crippen LogP contribution < -0.4 is 13.8 Å². The smallest absolute Gasteiger partial charge is 0.264 e. The second kappa shape index (κ2) is 8.35. The van der Waals surface area contributed by atoms with Crippen molar-refractivity contribution in [3.8, 4) is 11.5 Å². The molecule has 0 heterocycles. The number of methoxy groups -OCH3 is 2. The first kappa shape index (κ1) is 19.8. The molecule has 0 spiro atoms. The van der Waals surface area contributed by atoms with Crippen molar-refractivity contribution in [2.45, 2.75) is 17.9 Å². The number of sulfonamides is 1. The Hall–Kier alpha value is -2.99. The lowest BCUT2D eigenvalue weighted by Crippen LogP contribution is -2.33. The van der Waals surface area contributed by atoms with E-state index in [4.69, 9.17) is 9.47 Å². The van der Waals surface area contributed by atoms with Gasteiger partial charge < -0.3 is 9.47 Å². The second-order valence-electron chi connectivity index (χ2n) is 6.26. The molecule has 0 aliphatic heterocycles. The molecule has 0 aromatic heterocycles. The fourth-order valence-electron chi connectivity index (χ4n) is 3.04. The number of ether oxygens (including phenoxy) is 2. The van der Waals surface area contributed by atoms with E-state index in [1.807, 2.05) is 49.4 Å². The van der Waals surface area contributed by atoms with E-state index >= 15 is 0 Å². The van der Waals surface area contributed by atoms with E-state index in [0.717, 1.165) is 5.56 Å². The van der Waals surface area contributed by atoms with Crippen LogP contribution >= 0.6 is 0 Å². The first-order valence-electron chi connectivity index (χ1n) is 8.85. The average Bonchev–Trinajstić information content (AvgIpc) is 2.74. The Bertz CT molecular complexity index is 1020. The van der Waals surface area contributed by atoms with Crippen LogP contribution in [0.1, 0.15) is 18.5 Å². The standard InChI is InChI=1S/C22H23NO4S/c1-17(18-8-7-11-21(16-18)27-3)23(19-9-5-4-6-10-19)28(24,25)22-14-12-20(26-2)13-15-22/h4-17H,1-3H3. The fraction of sp³-hybridized carbons (Fsp3) is 0.182. The first-order valence-corrected chi connectivity index (χ1v) is 10.3. The van der Waals surface area contributed by atoms with Gasteiger partial charge in [-0.3, -0.25) is 4.31 Å². The van der Waals surface area contributed by atoms with Crippen molar-refractivity contribution in [1.82, 2.24) is 0 Å². The van der Waals surface area contributed by atoms with Crippen LogP contribution in [0.2, 0.25) is 0 Å². The molecule has 0 aliphatic carbocycles. The zero-order valence-electron chi connectivity index (χ0n) is 16.1. The van der Waals surface area contributed by atoms with E-state index in [-0.39, 0.29) is 4.90 Å². The third-order valence-corrected chi connectivity index (χ3v) is 6.47. The molecule has 0 bridgehead atoms. The molecule has 6 heteroatoms. The number of hydrogen-bond donors (Lipinski definition) is 0. The van der Waals surface area contributed by atoms with Crippen LogP contribution in [0, 0.1) is 0 Å². The van der Waals surface area contributed by atoms with E-state index in [0.29, 0.717) is 17.2 Å². The third-order valence-electron chi connectivity index (χ3n) is 4.55. The molecule has 1 unspecified atom stereocenters. The molecule has 0 N–H and O–H groups in total. The Morgan fingerprint density at radius 2 is 1.43 bits per heavy atom. The lowest BCUT2D eigenvalue weighted by molar-refractivity contribution is 0.414. The van der Waals surface area contributed by atoms with Gasteiger partial charge in [-0.15, -0.1) is 0 Å². The summed E-state index contributed by atoms with van der Waals surface area (Å²) in [5.41, 5.74) is 1.42. The summed E-state index contributed by atoms with van der Waals surface area (Å²) in [6.07, 6.45) is 0. The minimum atomic E-state index is -3.81. The quantitative estimate of drug-likeness (QED) is 0.582. The molecule has 0 aliphatic rings. The predicted molar refractivity (Wildman–Crippen MR) is 111 cm³/mol. The highest BCUT2D eigenvalue weighted by atomic mass is 32.2. The lowest BCUT2D eigenvalue weighted by atomic mass is 10.1. The van der Waals surface area contributed by atoms with Crippen LogP contribution in [0.4, 0.5) is 5.69 Å². The van der Waals surface area contributed by atoms with Crippen molar-refractivity contribution in [3.05, 3.63) is 84.4 Å². The molecule has 3 aromatic carbocycles. The number of para-hydroxylation sites is 1. The first-order chi connectivity index (χ1) is 13.5. The summed E-state index contributed by atoms with van der Waals surface area (Å²) < 4.78 is 39.0. The summed E-state index contributed by atoms with van der Waals surface area (Å²) in [6, 6.07) is 22.5. The highest BCUT2D eigenvalue weighted by Crippen LogP contribution is 2.34. The van der Waals surface area contributed by atoms with Crippen LogP contribution in [0.5, 0.6) is 11.5 Å². The SMILES string of the molecule is COc1ccc(S(=O)(=O)N(c2ccccc2)C(C)c2cccc(OC)c2)cc1. The van der Waals surface area contributed by atoms with Gasteiger partial charge in [0.05, 0.1) is 30.8 Å². The minimum Gasteiger partial charge on any atom is -0.497 e. The molecule has 1 atom stereocenters. The van der Waals surface area contributed by atoms with Gasteiger partial charge in [0, 0.05) is 0 Å². The molecule has 0 saturated carbocycles. The van der Waals surface area contributed by atoms with Crippen molar-refractivity contribution in [1.29, 1.82) is 0 Å². The summed E-state index contributed by atoms with van der Waals surface area (Å²) in [7, 11) is -0.673. The van der Waals surface area contributed by atoms with Gasteiger partial charge in [-0.25, -0.2) is 8.42 Å². The van der Waals surface area contributed by atoms with Gasteiger partial charge >= 0.3 is 0 Å². The van der Waals surface area contributed by atoms with Crippen molar-refractivity contribution >= 4 is 15.7 Å². The van der Waals surface area contributed by atoms with Crippen LogP contribution in [0.15, 0.2) is 83.8 Å². The Labute approximate surface area is 166 Å². The zero-order chi connectivity index (χ0) is 20.1. The Morgan fingerprint density at radius 1 is 0.786 bits per heavy atom. The number of benzene rings is 3. The van der Waals surface area contributed by atoms with Gasteiger partial charge in [-0.05, 0) is 61.0 Å². The minimum absolute atomic E-state index is 0.201. The van der Waals surface area contributed by atoms with E-state index in [1.54, 1.807) is 50.6 Å². The largest absolute Gasteiger partial charge is 0.497 e. The summed E-state index contributed by atoms with van der Waals surface area (Å²) in [4.78, 5) is 0.201. The highest BCUT2D eigenvalue weighted by Gasteiger charge is 2.30. The summed E-state index contributed by atoms with van der Waals surface area (Å²) in [6.45, 7) is 1.86. The molecule has 3 aromatic rings. The number of hydrogen-bond acceptors (Lipinski definition) is 4. The van der Waals surface area contributed by atoms with Gasteiger partial charge in [-0.1, -0.05) is 30.3 Å². The van der Waals surface area contributed by atoms with E-state index < -0.39 is 16.1 Å². The van der Waals surface area contributed by atoms with E-state index in [1.165, 1.54) is 4.31 Å². The highest BCUT2D eigenvalue weighted by molar-refractivity contribution is 7.92. The van der Waals surface area contributed by atoms with Crippen molar-refractivity contribution < 1.29 is 17.9 Å². The van der Waals surface area contributed by atoms with Crippen LogP contribution in [-0.2, 0) is 10.0 Å². The van der Waals surface area contributed by atoms with Gasteiger partial charge in [-0.2, -0.15) is 0 Å². The van der Waals surface area contributed by atoms with Crippen LogP contribution in [0.25, 0.3) is 0 Å². The second-order valence-corrected chi connectivity index (χ2v) is 8.08. The third kappa shape index (κ3) is 3.97. The monoisotopic (exact) mass is 397 g/mol. The van der Waals surface area contributed by atoms with Gasteiger partial charge in [0.15, 0.2) is 0 Å². The summed E-state index contributed by atoms with van der Waals surface area (Å²) >= 11 is 0. The summed E-state index contributed by atoms with van der Waals surface area (Å²) in [5, 5.41) is 0. The number of nitrogens with zero attached hydrogens (tertiary/aromatic N) is 1. The van der Waals surface area contributed by atoms with Crippen LogP contribution in [0.3, 0.4) is 0 Å². The molecule has 28 heavy (non-hydrogen) atoms. The van der Waals surface area contributed by atoms with Crippen LogP contribution in [-0.4, -0.2) is 22.6 Å². The van der Waals surface area contributed by atoms with Gasteiger partial charge in [0.1, 0.15) is 11.5 Å². The van der Waals surface area contributed by atoms with Gasteiger partial charge in [0.2, 0.25) is 0 Å². The summed E-state index contributed by atoms with van der Waals surface area (Å²) in [5.74, 6) is 1.28. The van der Waals surface area contributed by atoms with E-state index in [9.17, 15) is 8.42 Å².